The highest BCUT2D eigenvalue weighted by Crippen LogP contribution is 2.21. The summed E-state index contributed by atoms with van der Waals surface area (Å²) < 4.78 is 2.33. The average molecular weight is 364 g/mol. The lowest BCUT2D eigenvalue weighted by Crippen LogP contribution is -2.34. The number of thiazole rings is 1. The Morgan fingerprint density at radius 2 is 1.92 bits per heavy atom. The maximum absolute atomic E-state index is 12.4. The highest BCUT2D eigenvalue weighted by atomic mass is 32.1. The van der Waals surface area contributed by atoms with Crippen molar-refractivity contribution in [1.82, 2.24) is 20.1 Å². The molecule has 2 heterocycles. The first-order chi connectivity index (χ1) is 12.7. The molecule has 0 saturated heterocycles. The molecule has 6 nitrogen and oxygen atoms in total. The smallest absolute Gasteiger partial charge is 0.275 e. The summed E-state index contributed by atoms with van der Waals surface area (Å²) in [5, 5.41) is 9.21. The van der Waals surface area contributed by atoms with Crippen molar-refractivity contribution in [1.29, 1.82) is 0 Å². The number of para-hydroxylation sites is 1. The number of hydrogen-bond donors (Lipinski definition) is 1. The van der Waals surface area contributed by atoms with Crippen LogP contribution in [0.2, 0.25) is 0 Å². The van der Waals surface area contributed by atoms with Crippen LogP contribution in [-0.4, -0.2) is 27.2 Å². The van der Waals surface area contributed by atoms with Crippen LogP contribution in [0, 0.1) is 0 Å². The minimum absolute atomic E-state index is 0.0937. The van der Waals surface area contributed by atoms with E-state index in [4.69, 9.17) is 0 Å². The molecule has 0 atom stereocenters. The van der Waals surface area contributed by atoms with Gasteiger partial charge in [-0.3, -0.25) is 9.59 Å². The molecule has 0 aliphatic carbocycles. The Balaban J connectivity index is 1.38. The van der Waals surface area contributed by atoms with E-state index in [2.05, 4.69) is 15.4 Å². The van der Waals surface area contributed by atoms with Crippen molar-refractivity contribution < 1.29 is 4.79 Å². The fourth-order valence-electron chi connectivity index (χ4n) is 2.77. The first kappa shape index (κ1) is 16.4. The van der Waals surface area contributed by atoms with Gasteiger partial charge in [0.05, 0.1) is 26.8 Å². The van der Waals surface area contributed by atoms with Gasteiger partial charge in [0.25, 0.3) is 5.56 Å². The predicted octanol–water partition coefficient (Wildman–Crippen LogP) is 2.37. The maximum Gasteiger partial charge on any atom is 0.275 e. The van der Waals surface area contributed by atoms with Gasteiger partial charge in [-0.05, 0) is 18.2 Å². The average Bonchev–Trinajstić information content (AvgIpc) is 3.07. The fourth-order valence-corrected chi connectivity index (χ4v) is 3.73. The van der Waals surface area contributed by atoms with E-state index < -0.39 is 0 Å². The second-order valence-electron chi connectivity index (χ2n) is 5.87. The molecule has 0 spiro atoms. The molecule has 2 aromatic carbocycles. The number of nitrogens with zero attached hydrogens (tertiary/aromatic N) is 3. The predicted molar refractivity (Wildman–Crippen MR) is 102 cm³/mol. The van der Waals surface area contributed by atoms with Crippen molar-refractivity contribution in [2.45, 2.75) is 13.0 Å². The van der Waals surface area contributed by atoms with Gasteiger partial charge in [0.15, 0.2) is 0 Å². The number of hydrogen-bond acceptors (Lipinski definition) is 5. The number of fused-ring (bicyclic) bond motifs is 2. The minimum Gasteiger partial charge on any atom is -0.354 e. The molecule has 0 bridgehead atoms. The van der Waals surface area contributed by atoms with E-state index in [9.17, 15) is 9.59 Å². The van der Waals surface area contributed by atoms with Crippen LogP contribution in [0.15, 0.2) is 59.5 Å². The van der Waals surface area contributed by atoms with Crippen LogP contribution in [0.3, 0.4) is 0 Å². The SMILES string of the molecule is O=C(Cn1ncc2ccccc2c1=O)NCCc1nc2ccccc2s1. The summed E-state index contributed by atoms with van der Waals surface area (Å²) >= 11 is 1.63. The second-order valence-corrected chi connectivity index (χ2v) is 6.99. The fraction of sp³-hybridized carbons (Fsp3) is 0.158. The third-order valence-electron chi connectivity index (χ3n) is 4.05. The first-order valence-electron chi connectivity index (χ1n) is 8.27. The number of aromatic nitrogens is 3. The monoisotopic (exact) mass is 364 g/mol. The number of carbonyl (C=O) groups is 1. The molecule has 0 aliphatic heterocycles. The highest BCUT2D eigenvalue weighted by molar-refractivity contribution is 7.18. The maximum atomic E-state index is 12.4. The normalized spacial score (nSPS) is 11.1. The largest absolute Gasteiger partial charge is 0.354 e. The Hall–Kier alpha value is -3.06. The number of carbonyl (C=O) groups excluding carboxylic acids is 1. The lowest BCUT2D eigenvalue weighted by molar-refractivity contribution is -0.121. The molecule has 7 heteroatoms. The summed E-state index contributed by atoms with van der Waals surface area (Å²) in [7, 11) is 0. The van der Waals surface area contributed by atoms with Crippen LogP contribution in [-0.2, 0) is 17.8 Å². The Kier molecular flexibility index (Phi) is 4.45. The van der Waals surface area contributed by atoms with E-state index in [1.54, 1.807) is 29.7 Å². The Bertz CT molecular complexity index is 1120. The summed E-state index contributed by atoms with van der Waals surface area (Å²) in [6, 6.07) is 15.2. The lowest BCUT2D eigenvalue weighted by atomic mass is 10.2. The van der Waals surface area contributed by atoms with Gasteiger partial charge < -0.3 is 5.32 Å². The Morgan fingerprint density at radius 3 is 2.81 bits per heavy atom. The van der Waals surface area contributed by atoms with Gasteiger partial charge in [0, 0.05) is 18.4 Å². The van der Waals surface area contributed by atoms with E-state index in [1.807, 2.05) is 36.4 Å². The van der Waals surface area contributed by atoms with Crippen molar-refractivity contribution in [3.8, 4) is 0 Å². The lowest BCUT2D eigenvalue weighted by Gasteiger charge is -2.06. The number of rotatable bonds is 5. The van der Waals surface area contributed by atoms with Gasteiger partial charge in [-0.1, -0.05) is 30.3 Å². The van der Waals surface area contributed by atoms with E-state index in [0.717, 1.165) is 20.6 Å². The molecule has 4 rings (SSSR count). The van der Waals surface area contributed by atoms with Gasteiger partial charge in [0.1, 0.15) is 6.54 Å². The van der Waals surface area contributed by atoms with E-state index >= 15 is 0 Å². The van der Waals surface area contributed by atoms with Crippen molar-refractivity contribution >= 4 is 38.2 Å². The summed E-state index contributed by atoms with van der Waals surface area (Å²) in [6.07, 6.45) is 2.26. The topological polar surface area (TPSA) is 76.9 Å². The molecule has 0 aliphatic rings. The van der Waals surface area contributed by atoms with Crippen molar-refractivity contribution in [3.63, 3.8) is 0 Å². The molecule has 2 aromatic heterocycles. The van der Waals surface area contributed by atoms with Gasteiger partial charge in [0.2, 0.25) is 5.91 Å². The van der Waals surface area contributed by atoms with E-state index in [-0.39, 0.29) is 18.0 Å². The van der Waals surface area contributed by atoms with Crippen LogP contribution in [0.4, 0.5) is 0 Å². The summed E-state index contributed by atoms with van der Waals surface area (Å²) in [5.41, 5.74) is 0.718. The zero-order valence-electron chi connectivity index (χ0n) is 13.9. The van der Waals surface area contributed by atoms with Crippen molar-refractivity contribution in [3.05, 3.63) is 70.1 Å². The number of amides is 1. The molecular formula is C19H16N4O2S. The number of nitrogens with one attached hydrogen (secondary N) is 1. The molecule has 0 fully saturated rings. The molecule has 0 saturated carbocycles. The summed E-state index contributed by atoms with van der Waals surface area (Å²) in [6.45, 7) is 0.379. The van der Waals surface area contributed by atoms with Gasteiger partial charge in [-0.25, -0.2) is 9.67 Å². The summed E-state index contributed by atoms with van der Waals surface area (Å²) in [4.78, 5) is 29.0. The molecule has 26 heavy (non-hydrogen) atoms. The molecule has 130 valence electrons. The number of benzene rings is 2. The minimum atomic E-state index is -0.260. The molecule has 0 radical (unpaired) electrons. The molecule has 0 unspecified atom stereocenters. The van der Waals surface area contributed by atoms with Crippen molar-refractivity contribution in [2.24, 2.45) is 0 Å². The summed E-state index contributed by atoms with van der Waals surface area (Å²) in [5.74, 6) is -0.240. The van der Waals surface area contributed by atoms with Crippen LogP contribution >= 0.6 is 11.3 Å². The quantitative estimate of drug-likeness (QED) is 0.590. The third-order valence-corrected chi connectivity index (χ3v) is 5.15. The molecule has 4 aromatic rings. The van der Waals surface area contributed by atoms with Gasteiger partial charge in [-0.15, -0.1) is 11.3 Å². The van der Waals surface area contributed by atoms with Crippen molar-refractivity contribution in [2.75, 3.05) is 6.54 Å². The molecular weight excluding hydrogens is 348 g/mol. The van der Waals surface area contributed by atoms with Crippen LogP contribution in [0.25, 0.3) is 21.0 Å². The van der Waals surface area contributed by atoms with E-state index in [1.165, 1.54) is 4.68 Å². The molecule has 1 amide bonds. The highest BCUT2D eigenvalue weighted by Gasteiger charge is 2.09. The second kappa shape index (κ2) is 7.05. The first-order valence-corrected chi connectivity index (χ1v) is 9.08. The van der Waals surface area contributed by atoms with Crippen LogP contribution in [0.1, 0.15) is 5.01 Å². The Morgan fingerprint density at radius 1 is 1.12 bits per heavy atom. The Labute approximate surface area is 153 Å². The van der Waals surface area contributed by atoms with E-state index in [0.29, 0.717) is 18.4 Å². The van der Waals surface area contributed by atoms with Crippen LogP contribution < -0.4 is 10.9 Å². The third kappa shape index (κ3) is 3.34. The van der Waals surface area contributed by atoms with Gasteiger partial charge in [-0.2, -0.15) is 5.10 Å². The standard InChI is InChI=1S/C19H16N4O2S/c24-17(12-23-19(25)14-6-2-1-5-13(14)11-21-23)20-10-9-18-22-15-7-3-4-8-16(15)26-18/h1-8,11H,9-10,12H2,(H,20,24). The zero-order chi connectivity index (χ0) is 17.9. The van der Waals surface area contributed by atoms with Crippen LogP contribution in [0.5, 0.6) is 0 Å². The molecule has 1 N–H and O–H groups in total. The zero-order valence-corrected chi connectivity index (χ0v) is 14.7. The van der Waals surface area contributed by atoms with Gasteiger partial charge >= 0.3 is 0 Å².